The van der Waals surface area contributed by atoms with Crippen molar-refractivity contribution in [2.24, 2.45) is 0 Å². The molecule has 0 N–H and O–H groups in total. The second-order valence-electron chi connectivity index (χ2n) is 3.31. The first-order chi connectivity index (χ1) is 7.29. The quantitative estimate of drug-likeness (QED) is 0.695. The Morgan fingerprint density at radius 3 is 2.40 bits per heavy atom. The van der Waals surface area contributed by atoms with Crippen molar-refractivity contribution in [2.45, 2.75) is 18.3 Å². The molecule has 0 aliphatic rings. The molecule has 2 heteroatoms. The molecule has 0 fully saturated rings. The predicted octanol–water partition coefficient (Wildman–Crippen LogP) is 2.94. The van der Waals surface area contributed by atoms with E-state index in [1.54, 1.807) is 6.08 Å². The molecule has 0 saturated carbocycles. The van der Waals surface area contributed by atoms with Crippen molar-refractivity contribution in [1.29, 1.82) is 10.5 Å². The topological polar surface area (TPSA) is 47.6 Å². The van der Waals surface area contributed by atoms with E-state index in [9.17, 15) is 5.26 Å². The lowest BCUT2D eigenvalue weighted by atomic mass is 9.78. The maximum atomic E-state index is 9.23. The number of hydrogen-bond donors (Lipinski definition) is 0. The molecule has 0 amide bonds. The highest BCUT2D eigenvalue weighted by atomic mass is 14.4. The summed E-state index contributed by atoms with van der Waals surface area (Å²) in [5.74, 6) is 0. The van der Waals surface area contributed by atoms with Gasteiger partial charge in [0.1, 0.15) is 5.41 Å². The second-order valence-corrected chi connectivity index (χ2v) is 3.31. The van der Waals surface area contributed by atoms with Crippen LogP contribution in [0, 0.1) is 22.7 Å². The van der Waals surface area contributed by atoms with E-state index in [0.717, 1.165) is 5.56 Å². The van der Waals surface area contributed by atoms with Crippen LogP contribution < -0.4 is 0 Å². The molecule has 1 aromatic rings. The lowest BCUT2D eigenvalue weighted by Gasteiger charge is -2.21. The fourth-order valence-electron chi connectivity index (χ4n) is 1.52. The zero-order valence-corrected chi connectivity index (χ0v) is 8.48. The Bertz CT molecular complexity index is 408. The molecule has 0 aliphatic carbocycles. The third kappa shape index (κ3) is 2.24. The van der Waals surface area contributed by atoms with E-state index in [1.807, 2.05) is 30.3 Å². The summed E-state index contributed by atoms with van der Waals surface area (Å²) in [6.07, 6.45) is 2.47. The van der Waals surface area contributed by atoms with Crippen molar-refractivity contribution in [3.05, 3.63) is 48.6 Å². The predicted molar refractivity (Wildman–Crippen MR) is 58.8 cm³/mol. The van der Waals surface area contributed by atoms with Crippen LogP contribution in [0.25, 0.3) is 0 Å². The van der Waals surface area contributed by atoms with Gasteiger partial charge in [-0.2, -0.15) is 10.5 Å². The number of allylic oxidation sites excluding steroid dienone is 1. The van der Waals surface area contributed by atoms with Crippen LogP contribution in [0.5, 0.6) is 0 Å². The second kappa shape index (κ2) is 4.98. The van der Waals surface area contributed by atoms with Crippen LogP contribution in [-0.4, -0.2) is 0 Å². The van der Waals surface area contributed by atoms with Gasteiger partial charge in [0.2, 0.25) is 0 Å². The minimum atomic E-state index is -0.725. The first-order valence-electron chi connectivity index (χ1n) is 4.76. The van der Waals surface area contributed by atoms with Gasteiger partial charge in [0.15, 0.2) is 0 Å². The van der Waals surface area contributed by atoms with Crippen LogP contribution in [0.15, 0.2) is 43.0 Å². The number of benzene rings is 1. The maximum Gasteiger partial charge on any atom is 0.101 e. The summed E-state index contributed by atoms with van der Waals surface area (Å²) < 4.78 is 0. The van der Waals surface area contributed by atoms with Crippen molar-refractivity contribution in [1.82, 2.24) is 0 Å². The Morgan fingerprint density at radius 2 is 1.93 bits per heavy atom. The lowest BCUT2D eigenvalue weighted by molar-refractivity contribution is 0.627. The van der Waals surface area contributed by atoms with Crippen LogP contribution in [0.4, 0.5) is 0 Å². The molecule has 1 rings (SSSR count). The van der Waals surface area contributed by atoms with E-state index in [4.69, 9.17) is 5.26 Å². The van der Waals surface area contributed by atoms with Gasteiger partial charge in [0.05, 0.1) is 12.1 Å². The molecule has 1 unspecified atom stereocenters. The van der Waals surface area contributed by atoms with E-state index >= 15 is 0 Å². The fraction of sp³-hybridized carbons (Fsp3) is 0.231. The van der Waals surface area contributed by atoms with Crippen LogP contribution in [0.3, 0.4) is 0 Å². The van der Waals surface area contributed by atoms with E-state index in [1.165, 1.54) is 0 Å². The molecule has 1 aromatic carbocycles. The Morgan fingerprint density at radius 1 is 1.27 bits per heavy atom. The lowest BCUT2D eigenvalue weighted by Crippen LogP contribution is -2.20. The summed E-state index contributed by atoms with van der Waals surface area (Å²) in [6, 6.07) is 13.8. The molecule has 0 radical (unpaired) electrons. The van der Waals surface area contributed by atoms with E-state index < -0.39 is 5.41 Å². The average molecular weight is 196 g/mol. The molecule has 1 atom stereocenters. The molecule has 0 spiro atoms. The van der Waals surface area contributed by atoms with Crippen molar-refractivity contribution in [3.63, 3.8) is 0 Å². The minimum absolute atomic E-state index is 0.356. The van der Waals surface area contributed by atoms with Gasteiger partial charge in [-0.25, -0.2) is 0 Å². The smallest absolute Gasteiger partial charge is 0.101 e. The van der Waals surface area contributed by atoms with Gasteiger partial charge >= 0.3 is 0 Å². The summed E-state index contributed by atoms with van der Waals surface area (Å²) in [6.45, 7) is 3.70. The first-order valence-corrected chi connectivity index (χ1v) is 4.76. The normalized spacial score (nSPS) is 13.2. The van der Waals surface area contributed by atoms with Crippen molar-refractivity contribution >= 4 is 0 Å². The van der Waals surface area contributed by atoms with Crippen molar-refractivity contribution in [2.75, 3.05) is 0 Å². The third-order valence-electron chi connectivity index (χ3n) is 2.47. The van der Waals surface area contributed by atoms with E-state index in [2.05, 4.69) is 18.7 Å². The number of nitrogens with zero attached hydrogens (tertiary/aromatic N) is 2. The Hall–Kier alpha value is -2.06. The van der Waals surface area contributed by atoms with Gasteiger partial charge in [0, 0.05) is 6.42 Å². The SMILES string of the molecule is C=CC(C#N)(CCC#N)c1ccccc1. The highest BCUT2D eigenvalue weighted by Gasteiger charge is 2.27. The van der Waals surface area contributed by atoms with Crippen molar-refractivity contribution in [3.8, 4) is 12.1 Å². The zero-order chi connectivity index (χ0) is 11.1. The molecule has 0 aliphatic heterocycles. The fourth-order valence-corrected chi connectivity index (χ4v) is 1.52. The summed E-state index contributed by atoms with van der Waals surface area (Å²) in [7, 11) is 0. The molecular formula is C13H12N2. The molecule has 2 nitrogen and oxygen atoms in total. The molecule has 0 heterocycles. The van der Waals surface area contributed by atoms with Gasteiger partial charge < -0.3 is 0 Å². The van der Waals surface area contributed by atoms with Gasteiger partial charge in [-0.05, 0) is 12.0 Å². The Kier molecular flexibility index (Phi) is 3.66. The average Bonchev–Trinajstić information content (AvgIpc) is 2.33. The zero-order valence-electron chi connectivity index (χ0n) is 8.48. The highest BCUT2D eigenvalue weighted by Crippen LogP contribution is 2.29. The van der Waals surface area contributed by atoms with E-state index in [0.29, 0.717) is 12.8 Å². The largest absolute Gasteiger partial charge is 0.198 e. The summed E-state index contributed by atoms with van der Waals surface area (Å²) in [5.41, 5.74) is 0.175. The first kappa shape index (κ1) is 11.0. The summed E-state index contributed by atoms with van der Waals surface area (Å²) >= 11 is 0. The summed E-state index contributed by atoms with van der Waals surface area (Å²) in [4.78, 5) is 0. The van der Waals surface area contributed by atoms with Crippen LogP contribution in [-0.2, 0) is 5.41 Å². The standard InChI is InChI=1S/C13H12N2/c1-2-13(11-15,9-6-10-14)12-7-4-3-5-8-12/h2-5,7-8H,1,6,9H2. The van der Waals surface area contributed by atoms with Gasteiger partial charge in [0.25, 0.3) is 0 Å². The number of rotatable bonds is 4. The monoisotopic (exact) mass is 196 g/mol. The number of nitriles is 2. The van der Waals surface area contributed by atoms with E-state index in [-0.39, 0.29) is 0 Å². The van der Waals surface area contributed by atoms with Crippen LogP contribution in [0.2, 0.25) is 0 Å². The highest BCUT2D eigenvalue weighted by molar-refractivity contribution is 5.37. The maximum absolute atomic E-state index is 9.23. The van der Waals surface area contributed by atoms with Gasteiger partial charge in [-0.15, -0.1) is 6.58 Å². The summed E-state index contributed by atoms with van der Waals surface area (Å²) in [5, 5.41) is 17.8. The van der Waals surface area contributed by atoms with Crippen LogP contribution in [0.1, 0.15) is 18.4 Å². The molecule has 74 valence electrons. The molecule has 0 aromatic heterocycles. The molecular weight excluding hydrogens is 184 g/mol. The molecule has 0 bridgehead atoms. The van der Waals surface area contributed by atoms with Crippen molar-refractivity contribution < 1.29 is 0 Å². The third-order valence-corrected chi connectivity index (χ3v) is 2.47. The van der Waals surface area contributed by atoms with Gasteiger partial charge in [-0.1, -0.05) is 36.4 Å². The van der Waals surface area contributed by atoms with Crippen LogP contribution >= 0.6 is 0 Å². The minimum Gasteiger partial charge on any atom is -0.198 e. The Balaban J connectivity index is 3.08. The Labute approximate surface area is 90.1 Å². The van der Waals surface area contributed by atoms with Gasteiger partial charge in [-0.3, -0.25) is 0 Å². The molecule has 15 heavy (non-hydrogen) atoms. The molecule has 0 saturated heterocycles. The number of hydrogen-bond acceptors (Lipinski definition) is 2.